The molecule has 0 bridgehead atoms. The molecule has 0 aliphatic carbocycles. The van der Waals surface area contributed by atoms with Crippen molar-refractivity contribution in [3.05, 3.63) is 0 Å². The standard InChI is InChI=1S/C19H42N2/c1-9-21(10-2)17-14-19(6,7)12-11-15-20(8)16-13-18(3,4)5/h9-17H2,1-8H3. The van der Waals surface area contributed by atoms with Gasteiger partial charge in [-0.05, 0) is 76.3 Å². The summed E-state index contributed by atoms with van der Waals surface area (Å²) >= 11 is 0. The van der Waals surface area contributed by atoms with Gasteiger partial charge in [0.15, 0.2) is 0 Å². The van der Waals surface area contributed by atoms with Gasteiger partial charge in [0.25, 0.3) is 0 Å². The Hall–Kier alpha value is -0.0800. The largest absolute Gasteiger partial charge is 0.306 e. The maximum absolute atomic E-state index is 2.54. The highest BCUT2D eigenvalue weighted by atomic mass is 15.1. The molecule has 0 radical (unpaired) electrons. The Morgan fingerprint density at radius 1 is 0.714 bits per heavy atom. The van der Waals surface area contributed by atoms with Gasteiger partial charge < -0.3 is 9.80 Å². The van der Waals surface area contributed by atoms with Gasteiger partial charge in [0.1, 0.15) is 0 Å². The van der Waals surface area contributed by atoms with Crippen LogP contribution in [0.1, 0.15) is 74.1 Å². The van der Waals surface area contributed by atoms with Crippen LogP contribution in [0.5, 0.6) is 0 Å². The summed E-state index contributed by atoms with van der Waals surface area (Å²) in [6.07, 6.45) is 5.27. The third kappa shape index (κ3) is 12.2. The Kier molecular flexibility index (Phi) is 9.80. The van der Waals surface area contributed by atoms with Crippen LogP contribution in [-0.4, -0.2) is 49.6 Å². The molecule has 0 atom stereocenters. The van der Waals surface area contributed by atoms with E-state index in [1.807, 2.05) is 0 Å². The Labute approximate surface area is 135 Å². The molecule has 21 heavy (non-hydrogen) atoms. The molecule has 0 aromatic carbocycles. The van der Waals surface area contributed by atoms with E-state index in [4.69, 9.17) is 0 Å². The summed E-state index contributed by atoms with van der Waals surface area (Å²) in [6.45, 7) is 22.5. The molecule has 0 saturated carbocycles. The summed E-state index contributed by atoms with van der Waals surface area (Å²) in [7, 11) is 2.27. The molecular formula is C19H42N2. The summed E-state index contributed by atoms with van der Waals surface area (Å²) < 4.78 is 0. The second-order valence-electron chi connectivity index (χ2n) is 8.66. The van der Waals surface area contributed by atoms with Crippen LogP contribution in [0.4, 0.5) is 0 Å². The lowest BCUT2D eigenvalue weighted by Crippen LogP contribution is -2.29. The maximum Gasteiger partial charge on any atom is -0.00139 e. The Bertz CT molecular complexity index is 249. The van der Waals surface area contributed by atoms with Gasteiger partial charge in [-0.1, -0.05) is 48.5 Å². The predicted octanol–water partition coefficient (Wildman–Crippen LogP) is 4.89. The van der Waals surface area contributed by atoms with Gasteiger partial charge in [-0.2, -0.15) is 0 Å². The molecule has 128 valence electrons. The zero-order chi connectivity index (χ0) is 16.5. The highest BCUT2D eigenvalue weighted by Crippen LogP contribution is 2.27. The van der Waals surface area contributed by atoms with Crippen LogP contribution in [0.25, 0.3) is 0 Å². The van der Waals surface area contributed by atoms with Crippen molar-refractivity contribution in [3.63, 3.8) is 0 Å². The van der Waals surface area contributed by atoms with Crippen molar-refractivity contribution < 1.29 is 0 Å². The second-order valence-corrected chi connectivity index (χ2v) is 8.66. The molecule has 0 fully saturated rings. The van der Waals surface area contributed by atoms with Crippen LogP contribution >= 0.6 is 0 Å². The van der Waals surface area contributed by atoms with Gasteiger partial charge in [0.05, 0.1) is 0 Å². The molecule has 2 nitrogen and oxygen atoms in total. The topological polar surface area (TPSA) is 6.48 Å². The molecule has 0 heterocycles. The number of hydrogen-bond acceptors (Lipinski definition) is 2. The summed E-state index contributed by atoms with van der Waals surface area (Å²) in [5, 5.41) is 0. The van der Waals surface area contributed by atoms with Crippen molar-refractivity contribution in [1.29, 1.82) is 0 Å². The van der Waals surface area contributed by atoms with Crippen molar-refractivity contribution in [2.75, 3.05) is 39.8 Å². The average Bonchev–Trinajstić information content (AvgIpc) is 2.36. The van der Waals surface area contributed by atoms with Gasteiger partial charge in [-0.3, -0.25) is 0 Å². The normalized spacial score (nSPS) is 13.4. The summed E-state index contributed by atoms with van der Waals surface area (Å²) in [6, 6.07) is 0. The van der Waals surface area contributed by atoms with Gasteiger partial charge in [-0.25, -0.2) is 0 Å². The molecule has 0 spiro atoms. The average molecular weight is 299 g/mol. The van der Waals surface area contributed by atoms with Gasteiger partial charge in [-0.15, -0.1) is 0 Å². The van der Waals surface area contributed by atoms with Crippen LogP contribution in [0.2, 0.25) is 0 Å². The van der Waals surface area contributed by atoms with Gasteiger partial charge >= 0.3 is 0 Å². The van der Waals surface area contributed by atoms with E-state index in [0.717, 1.165) is 0 Å². The first-order valence-corrected chi connectivity index (χ1v) is 9.00. The van der Waals surface area contributed by atoms with Crippen LogP contribution < -0.4 is 0 Å². The highest BCUT2D eigenvalue weighted by Gasteiger charge is 2.19. The molecule has 0 aromatic rings. The number of rotatable bonds is 11. The van der Waals surface area contributed by atoms with Gasteiger partial charge in [0.2, 0.25) is 0 Å². The van der Waals surface area contributed by atoms with Crippen molar-refractivity contribution in [1.82, 2.24) is 9.80 Å². The van der Waals surface area contributed by atoms with Crippen LogP contribution in [0.15, 0.2) is 0 Å². The quantitative estimate of drug-likeness (QED) is 0.536. The monoisotopic (exact) mass is 298 g/mol. The lowest BCUT2D eigenvalue weighted by molar-refractivity contribution is 0.204. The number of hydrogen-bond donors (Lipinski definition) is 0. The molecular weight excluding hydrogens is 256 g/mol. The van der Waals surface area contributed by atoms with Crippen molar-refractivity contribution in [2.24, 2.45) is 10.8 Å². The van der Waals surface area contributed by atoms with E-state index in [2.05, 4.69) is 65.3 Å². The van der Waals surface area contributed by atoms with Crippen molar-refractivity contribution in [3.8, 4) is 0 Å². The molecule has 0 saturated heterocycles. The molecule has 0 aliphatic rings. The van der Waals surface area contributed by atoms with E-state index in [9.17, 15) is 0 Å². The summed E-state index contributed by atoms with van der Waals surface area (Å²) in [5.41, 5.74) is 0.935. The van der Waals surface area contributed by atoms with E-state index in [1.54, 1.807) is 0 Å². The minimum absolute atomic E-state index is 0.456. The summed E-state index contributed by atoms with van der Waals surface area (Å²) in [5.74, 6) is 0. The molecule has 0 N–H and O–H groups in total. The SMILES string of the molecule is CCN(CC)CCC(C)(C)CCCN(C)CCC(C)(C)C. The zero-order valence-corrected chi connectivity index (χ0v) is 16.3. The molecule has 0 rings (SSSR count). The third-order valence-corrected chi connectivity index (χ3v) is 4.64. The molecule has 2 heteroatoms. The van der Waals surface area contributed by atoms with E-state index < -0.39 is 0 Å². The van der Waals surface area contributed by atoms with E-state index in [0.29, 0.717) is 10.8 Å². The molecule has 0 unspecified atom stereocenters. The minimum atomic E-state index is 0.456. The summed E-state index contributed by atoms with van der Waals surface area (Å²) in [4.78, 5) is 5.04. The van der Waals surface area contributed by atoms with E-state index in [1.165, 1.54) is 58.4 Å². The Balaban J connectivity index is 3.87. The lowest BCUT2D eigenvalue weighted by atomic mass is 9.84. The van der Waals surface area contributed by atoms with Gasteiger partial charge in [0, 0.05) is 0 Å². The first-order valence-electron chi connectivity index (χ1n) is 9.00. The number of nitrogens with zero attached hydrogens (tertiary/aromatic N) is 2. The Morgan fingerprint density at radius 2 is 1.29 bits per heavy atom. The van der Waals surface area contributed by atoms with Crippen LogP contribution in [0.3, 0.4) is 0 Å². The van der Waals surface area contributed by atoms with Crippen LogP contribution in [0, 0.1) is 10.8 Å². The maximum atomic E-state index is 2.54. The van der Waals surface area contributed by atoms with E-state index >= 15 is 0 Å². The van der Waals surface area contributed by atoms with Crippen molar-refractivity contribution >= 4 is 0 Å². The fourth-order valence-electron chi connectivity index (χ4n) is 2.59. The molecule has 0 aromatic heterocycles. The predicted molar refractivity (Wildman–Crippen MR) is 97.0 cm³/mol. The lowest BCUT2D eigenvalue weighted by Gasteiger charge is -2.29. The zero-order valence-electron chi connectivity index (χ0n) is 16.3. The first kappa shape index (κ1) is 20.9. The van der Waals surface area contributed by atoms with E-state index in [-0.39, 0.29) is 0 Å². The molecule has 0 amide bonds. The highest BCUT2D eigenvalue weighted by molar-refractivity contribution is 4.72. The Morgan fingerprint density at radius 3 is 1.76 bits per heavy atom. The first-order chi connectivity index (χ1) is 9.59. The fraction of sp³-hybridized carbons (Fsp3) is 1.00. The minimum Gasteiger partial charge on any atom is -0.306 e. The molecule has 0 aliphatic heterocycles. The third-order valence-electron chi connectivity index (χ3n) is 4.64. The van der Waals surface area contributed by atoms with Crippen molar-refractivity contribution in [2.45, 2.75) is 74.1 Å². The van der Waals surface area contributed by atoms with Crippen LogP contribution in [-0.2, 0) is 0 Å². The smallest absolute Gasteiger partial charge is 0.00139 e. The fourth-order valence-corrected chi connectivity index (χ4v) is 2.59. The second kappa shape index (κ2) is 9.84.